The van der Waals surface area contributed by atoms with Crippen molar-refractivity contribution in [3.8, 4) is 0 Å². The smallest absolute Gasteiger partial charge is 0.261 e. The summed E-state index contributed by atoms with van der Waals surface area (Å²) in [5.41, 5.74) is 0. The first-order valence-corrected chi connectivity index (χ1v) is 13.8. The van der Waals surface area contributed by atoms with Gasteiger partial charge in [0.2, 0.25) is 5.91 Å². The fraction of sp³-hybridized carbons (Fsp3) is 0.481. The van der Waals surface area contributed by atoms with Crippen LogP contribution in [0.2, 0.25) is 5.04 Å². The number of fused-ring (bicyclic) bond motifs is 1. The maximum Gasteiger partial charge on any atom is 0.261 e. The minimum absolute atomic E-state index is 0.0382. The standard InChI is InChI=1S/C27H35NO4Si/c1-27(2,3)33(21-11-7-5-8-12-21,22-13-9-6-10-14-22)32-19-20-15-16-23-26(30)24(31-4)17-18-25(29)28(20)23/h5-14,20,23-24H,15-19H2,1-4H3/t20-,23-,24+/m0/s1. The van der Waals surface area contributed by atoms with E-state index in [0.29, 0.717) is 25.9 Å². The van der Waals surface area contributed by atoms with Gasteiger partial charge in [-0.3, -0.25) is 9.59 Å². The molecule has 0 unspecified atom stereocenters. The number of nitrogens with zero attached hydrogens (tertiary/aromatic N) is 1. The third kappa shape index (κ3) is 4.32. The van der Waals surface area contributed by atoms with Crippen molar-refractivity contribution in [3.63, 3.8) is 0 Å². The summed E-state index contributed by atoms with van der Waals surface area (Å²) in [5.74, 6) is 0.0812. The summed E-state index contributed by atoms with van der Waals surface area (Å²) in [6.07, 6.45) is 1.77. The highest BCUT2D eigenvalue weighted by atomic mass is 28.4. The predicted octanol–water partition coefficient (Wildman–Crippen LogP) is 3.30. The van der Waals surface area contributed by atoms with Gasteiger partial charge in [-0.15, -0.1) is 0 Å². The van der Waals surface area contributed by atoms with Crippen LogP contribution >= 0.6 is 0 Å². The number of amides is 1. The number of ether oxygens (including phenoxy) is 1. The highest BCUT2D eigenvalue weighted by Crippen LogP contribution is 2.38. The van der Waals surface area contributed by atoms with E-state index in [9.17, 15) is 9.59 Å². The Balaban J connectivity index is 1.69. The highest BCUT2D eigenvalue weighted by Gasteiger charge is 2.52. The quantitative estimate of drug-likeness (QED) is 0.615. The second kappa shape index (κ2) is 9.53. The molecule has 2 aromatic carbocycles. The molecule has 33 heavy (non-hydrogen) atoms. The molecule has 0 radical (unpaired) electrons. The average Bonchev–Trinajstić information content (AvgIpc) is 3.19. The Hall–Kier alpha value is -2.28. The Labute approximate surface area is 198 Å². The summed E-state index contributed by atoms with van der Waals surface area (Å²) < 4.78 is 12.5. The molecule has 5 nitrogen and oxygen atoms in total. The molecular weight excluding hydrogens is 430 g/mol. The van der Waals surface area contributed by atoms with Crippen molar-refractivity contribution < 1.29 is 18.8 Å². The average molecular weight is 466 g/mol. The number of rotatable bonds is 6. The molecule has 2 saturated heterocycles. The fourth-order valence-corrected chi connectivity index (χ4v) is 10.3. The van der Waals surface area contributed by atoms with Gasteiger partial charge >= 0.3 is 0 Å². The first-order chi connectivity index (χ1) is 15.8. The Kier molecular flexibility index (Phi) is 6.89. The van der Waals surface area contributed by atoms with Gasteiger partial charge in [-0.25, -0.2) is 0 Å². The van der Waals surface area contributed by atoms with Crippen LogP contribution < -0.4 is 10.4 Å². The van der Waals surface area contributed by atoms with Gasteiger partial charge in [-0.2, -0.15) is 0 Å². The molecule has 0 aliphatic carbocycles. The molecule has 2 aliphatic rings. The first-order valence-electron chi connectivity index (χ1n) is 11.9. The molecule has 0 aromatic heterocycles. The van der Waals surface area contributed by atoms with Crippen LogP contribution in [0.5, 0.6) is 0 Å². The second-order valence-corrected chi connectivity index (χ2v) is 14.5. The van der Waals surface area contributed by atoms with E-state index in [4.69, 9.17) is 9.16 Å². The van der Waals surface area contributed by atoms with E-state index in [-0.39, 0.29) is 22.8 Å². The second-order valence-electron chi connectivity index (χ2n) is 10.2. The zero-order valence-corrected chi connectivity index (χ0v) is 21.1. The van der Waals surface area contributed by atoms with Gasteiger partial charge in [-0.05, 0) is 34.7 Å². The lowest BCUT2D eigenvalue weighted by atomic mass is 10.0. The molecule has 2 aromatic rings. The highest BCUT2D eigenvalue weighted by molar-refractivity contribution is 6.99. The largest absolute Gasteiger partial charge is 0.405 e. The summed E-state index contributed by atoms with van der Waals surface area (Å²) in [4.78, 5) is 27.9. The molecule has 2 heterocycles. The van der Waals surface area contributed by atoms with Crippen LogP contribution in [0.4, 0.5) is 0 Å². The van der Waals surface area contributed by atoms with Crippen LogP contribution in [0, 0.1) is 0 Å². The zero-order chi connectivity index (χ0) is 23.6. The summed E-state index contributed by atoms with van der Waals surface area (Å²) in [7, 11) is -1.14. The van der Waals surface area contributed by atoms with Crippen molar-refractivity contribution in [2.45, 2.75) is 69.7 Å². The Bertz CT molecular complexity index is 933. The molecule has 176 valence electrons. The lowest BCUT2D eigenvalue weighted by Crippen LogP contribution is -2.67. The van der Waals surface area contributed by atoms with Gasteiger partial charge in [0.15, 0.2) is 5.78 Å². The third-order valence-electron chi connectivity index (χ3n) is 7.25. The number of carbonyl (C=O) groups excluding carboxylic acids is 2. The Morgan fingerprint density at radius 1 is 0.909 bits per heavy atom. The van der Waals surface area contributed by atoms with Crippen LogP contribution in [0.15, 0.2) is 60.7 Å². The molecule has 0 saturated carbocycles. The van der Waals surface area contributed by atoms with E-state index in [0.717, 1.165) is 6.42 Å². The number of carbonyl (C=O) groups is 2. The van der Waals surface area contributed by atoms with Gasteiger partial charge in [0.1, 0.15) is 6.10 Å². The molecule has 0 bridgehead atoms. The van der Waals surface area contributed by atoms with Crippen LogP contribution in [0.1, 0.15) is 46.5 Å². The molecule has 2 aliphatic heterocycles. The van der Waals surface area contributed by atoms with E-state index in [1.807, 2.05) is 17.0 Å². The summed E-state index contributed by atoms with van der Waals surface area (Å²) in [5, 5.41) is 2.31. The number of methoxy groups -OCH3 is 1. The monoisotopic (exact) mass is 465 g/mol. The maximum absolute atomic E-state index is 13.0. The van der Waals surface area contributed by atoms with Crippen LogP contribution in [-0.4, -0.2) is 56.8 Å². The van der Waals surface area contributed by atoms with Crippen molar-refractivity contribution in [1.29, 1.82) is 0 Å². The molecule has 2 fully saturated rings. The molecule has 0 spiro atoms. The number of benzene rings is 2. The maximum atomic E-state index is 13.0. The van der Waals surface area contributed by atoms with Gasteiger partial charge in [0, 0.05) is 13.5 Å². The minimum Gasteiger partial charge on any atom is -0.405 e. The van der Waals surface area contributed by atoms with E-state index in [2.05, 4.69) is 69.3 Å². The summed E-state index contributed by atoms with van der Waals surface area (Å²) in [6.45, 7) is 7.18. The van der Waals surface area contributed by atoms with Crippen molar-refractivity contribution in [2.75, 3.05) is 13.7 Å². The molecule has 6 heteroatoms. The first kappa shape index (κ1) is 23.9. The lowest BCUT2D eigenvalue weighted by Gasteiger charge is -2.44. The zero-order valence-electron chi connectivity index (χ0n) is 20.1. The third-order valence-corrected chi connectivity index (χ3v) is 12.3. The number of ketones is 1. The number of hydrogen-bond acceptors (Lipinski definition) is 4. The van der Waals surface area contributed by atoms with Crippen LogP contribution in [0.3, 0.4) is 0 Å². The summed E-state index contributed by atoms with van der Waals surface area (Å²) >= 11 is 0. The Morgan fingerprint density at radius 2 is 1.48 bits per heavy atom. The topological polar surface area (TPSA) is 55.8 Å². The van der Waals surface area contributed by atoms with E-state index in [1.54, 1.807) is 7.11 Å². The van der Waals surface area contributed by atoms with Crippen LogP contribution in [0.25, 0.3) is 0 Å². The van der Waals surface area contributed by atoms with Crippen molar-refractivity contribution >= 4 is 30.4 Å². The van der Waals surface area contributed by atoms with Gasteiger partial charge < -0.3 is 14.1 Å². The Morgan fingerprint density at radius 3 is 2.00 bits per heavy atom. The summed E-state index contributed by atoms with van der Waals surface area (Å²) in [6, 6.07) is 20.6. The van der Waals surface area contributed by atoms with Gasteiger partial charge in [0.25, 0.3) is 8.32 Å². The molecule has 1 amide bonds. The SMILES string of the molecule is CO[C@@H]1CCC(=O)N2[C@H](CO[Si](c3ccccc3)(c3ccccc3)C(C)(C)C)CC[C@H]2C1=O. The number of Topliss-reactive ketones (excluding diaryl/α,β-unsaturated/α-hetero) is 1. The molecule has 3 atom stereocenters. The van der Waals surface area contributed by atoms with E-state index >= 15 is 0 Å². The van der Waals surface area contributed by atoms with E-state index < -0.39 is 20.5 Å². The van der Waals surface area contributed by atoms with Gasteiger partial charge in [-0.1, -0.05) is 81.4 Å². The number of hydrogen-bond donors (Lipinski definition) is 0. The minimum atomic E-state index is -2.69. The van der Waals surface area contributed by atoms with Crippen molar-refractivity contribution in [2.24, 2.45) is 0 Å². The van der Waals surface area contributed by atoms with Crippen molar-refractivity contribution in [1.82, 2.24) is 4.90 Å². The molecule has 4 rings (SSSR count). The normalized spacial score (nSPS) is 24.0. The van der Waals surface area contributed by atoms with Crippen molar-refractivity contribution in [3.05, 3.63) is 60.7 Å². The fourth-order valence-electron chi connectivity index (χ4n) is 5.66. The molecule has 0 N–H and O–H groups in total. The van der Waals surface area contributed by atoms with Gasteiger partial charge in [0.05, 0.1) is 18.7 Å². The van der Waals surface area contributed by atoms with E-state index in [1.165, 1.54) is 10.4 Å². The lowest BCUT2D eigenvalue weighted by molar-refractivity contribution is -0.140. The van der Waals surface area contributed by atoms with Crippen LogP contribution in [-0.2, 0) is 18.8 Å². The predicted molar refractivity (Wildman–Crippen MR) is 132 cm³/mol. The molecular formula is C27H35NO4Si.